The quantitative estimate of drug-likeness (QED) is 0.456. The minimum Gasteiger partial charge on any atom is -0.493 e. The molecule has 31 heavy (non-hydrogen) atoms. The maximum Gasteiger partial charge on any atom is 0.296 e. The van der Waals surface area contributed by atoms with Gasteiger partial charge >= 0.3 is 0 Å². The summed E-state index contributed by atoms with van der Waals surface area (Å²) in [5.41, 5.74) is -0.153. The largest absolute Gasteiger partial charge is 0.493 e. The van der Waals surface area contributed by atoms with Crippen molar-refractivity contribution in [2.75, 3.05) is 14.2 Å². The van der Waals surface area contributed by atoms with Crippen molar-refractivity contribution < 1.29 is 13.9 Å². The molecule has 0 saturated carbocycles. The van der Waals surface area contributed by atoms with Crippen LogP contribution < -0.4 is 25.1 Å². The van der Waals surface area contributed by atoms with Crippen LogP contribution in [0.2, 0.25) is 5.02 Å². The molecule has 0 fully saturated rings. The van der Waals surface area contributed by atoms with Crippen LogP contribution in [0.3, 0.4) is 0 Å². The summed E-state index contributed by atoms with van der Waals surface area (Å²) in [4.78, 5) is 29.4. The van der Waals surface area contributed by atoms with Gasteiger partial charge in [-0.2, -0.15) is 14.6 Å². The zero-order valence-electron chi connectivity index (χ0n) is 16.4. The van der Waals surface area contributed by atoms with E-state index in [1.54, 1.807) is 18.2 Å². The van der Waals surface area contributed by atoms with Crippen LogP contribution in [0, 0.1) is 5.82 Å². The third kappa shape index (κ3) is 4.01. The SMILES string of the molecule is COc1ccc(Cc2nn3c(=O)/c(=C/c4c(F)cccc4Cl)sc3nc2=O)cc1OC. The zero-order chi connectivity index (χ0) is 22.1. The summed E-state index contributed by atoms with van der Waals surface area (Å²) in [6.07, 6.45) is 1.47. The van der Waals surface area contributed by atoms with Crippen LogP contribution in [-0.2, 0) is 6.42 Å². The van der Waals surface area contributed by atoms with Crippen LogP contribution in [0.4, 0.5) is 4.39 Å². The Balaban J connectivity index is 1.79. The molecule has 2 heterocycles. The van der Waals surface area contributed by atoms with Crippen molar-refractivity contribution in [3.05, 3.63) is 89.3 Å². The van der Waals surface area contributed by atoms with Gasteiger partial charge in [-0.25, -0.2) is 4.39 Å². The van der Waals surface area contributed by atoms with E-state index in [-0.39, 0.29) is 32.2 Å². The van der Waals surface area contributed by atoms with Gasteiger partial charge in [0.25, 0.3) is 11.1 Å². The second kappa shape index (κ2) is 8.44. The highest BCUT2D eigenvalue weighted by Gasteiger charge is 2.14. The van der Waals surface area contributed by atoms with Crippen LogP contribution in [0.1, 0.15) is 16.8 Å². The second-order valence-corrected chi connectivity index (χ2v) is 7.89. The van der Waals surface area contributed by atoms with Gasteiger partial charge < -0.3 is 9.47 Å². The monoisotopic (exact) mass is 459 g/mol. The fourth-order valence-corrected chi connectivity index (χ4v) is 4.12. The minimum atomic E-state index is -0.561. The van der Waals surface area contributed by atoms with Gasteiger partial charge in [0.2, 0.25) is 4.96 Å². The second-order valence-electron chi connectivity index (χ2n) is 6.48. The molecule has 0 bridgehead atoms. The molecule has 0 amide bonds. The molecule has 10 heteroatoms. The predicted molar refractivity (Wildman–Crippen MR) is 116 cm³/mol. The lowest BCUT2D eigenvalue weighted by molar-refractivity contribution is 0.354. The predicted octanol–water partition coefficient (Wildman–Crippen LogP) is 2.46. The molecule has 158 valence electrons. The first-order valence-corrected chi connectivity index (χ1v) is 10.2. The average molecular weight is 460 g/mol. The Kier molecular flexibility index (Phi) is 5.71. The van der Waals surface area contributed by atoms with Crippen LogP contribution in [0.25, 0.3) is 11.0 Å². The summed E-state index contributed by atoms with van der Waals surface area (Å²) in [5.74, 6) is 0.498. The number of thiazole rings is 1. The number of halogens is 2. The first kappa shape index (κ1) is 21.0. The molecule has 2 aromatic heterocycles. The van der Waals surface area contributed by atoms with Crippen molar-refractivity contribution in [1.29, 1.82) is 0 Å². The van der Waals surface area contributed by atoms with Crippen molar-refractivity contribution in [3.8, 4) is 11.5 Å². The Morgan fingerprint density at radius 2 is 1.94 bits per heavy atom. The molecule has 0 atom stereocenters. The Morgan fingerprint density at radius 1 is 1.16 bits per heavy atom. The number of rotatable bonds is 5. The number of nitrogens with zero attached hydrogens (tertiary/aromatic N) is 3. The molecule has 4 aromatic rings. The standard InChI is InChI=1S/C21H15ClFN3O4S/c1-29-16-7-6-11(9-17(16)30-2)8-15-19(27)24-21-26(25-15)20(28)18(31-21)10-12-13(22)4-3-5-14(12)23/h3-7,9-10H,8H2,1-2H3/b18-10-. The average Bonchev–Trinajstić information content (AvgIpc) is 3.05. The van der Waals surface area contributed by atoms with E-state index in [9.17, 15) is 14.0 Å². The molecule has 0 unspecified atom stereocenters. The van der Waals surface area contributed by atoms with E-state index >= 15 is 0 Å². The Hall–Kier alpha value is -3.30. The Morgan fingerprint density at radius 3 is 2.65 bits per heavy atom. The molecule has 0 radical (unpaired) electrons. The van der Waals surface area contributed by atoms with Gasteiger partial charge in [0, 0.05) is 12.0 Å². The van der Waals surface area contributed by atoms with E-state index in [4.69, 9.17) is 21.1 Å². The van der Waals surface area contributed by atoms with Crippen molar-refractivity contribution in [3.63, 3.8) is 0 Å². The van der Waals surface area contributed by atoms with Crippen molar-refractivity contribution >= 4 is 34.0 Å². The fraction of sp³-hybridized carbons (Fsp3) is 0.143. The van der Waals surface area contributed by atoms with E-state index in [1.807, 2.05) is 0 Å². The molecule has 0 N–H and O–H groups in total. The van der Waals surface area contributed by atoms with Crippen LogP contribution in [0.5, 0.6) is 11.5 Å². The summed E-state index contributed by atoms with van der Waals surface area (Å²) in [5, 5.41) is 4.36. The molecule has 4 rings (SSSR count). The number of ether oxygens (including phenoxy) is 2. The summed E-state index contributed by atoms with van der Waals surface area (Å²) in [6, 6.07) is 9.44. The highest BCUT2D eigenvalue weighted by Crippen LogP contribution is 2.28. The number of methoxy groups -OCH3 is 2. The van der Waals surface area contributed by atoms with Crippen molar-refractivity contribution in [2.45, 2.75) is 6.42 Å². The third-order valence-corrected chi connectivity index (χ3v) is 5.83. The molecular formula is C21H15ClFN3O4S. The van der Waals surface area contributed by atoms with E-state index in [0.29, 0.717) is 11.5 Å². The summed E-state index contributed by atoms with van der Waals surface area (Å²) >= 11 is 6.98. The van der Waals surface area contributed by atoms with Gasteiger partial charge in [-0.15, -0.1) is 0 Å². The van der Waals surface area contributed by atoms with Gasteiger partial charge in [0.15, 0.2) is 11.5 Å². The van der Waals surface area contributed by atoms with E-state index in [1.165, 1.54) is 38.5 Å². The molecule has 0 saturated heterocycles. The summed E-state index contributed by atoms with van der Waals surface area (Å²) in [7, 11) is 3.04. The normalized spacial score (nSPS) is 11.8. The molecular weight excluding hydrogens is 445 g/mol. The Labute approximate surface area is 184 Å². The number of fused-ring (bicyclic) bond motifs is 1. The van der Waals surface area contributed by atoms with Gasteiger partial charge in [0.1, 0.15) is 11.5 Å². The van der Waals surface area contributed by atoms with Gasteiger partial charge in [0.05, 0.1) is 23.8 Å². The van der Waals surface area contributed by atoms with Crippen LogP contribution >= 0.6 is 22.9 Å². The van der Waals surface area contributed by atoms with Gasteiger partial charge in [-0.05, 0) is 35.9 Å². The first-order chi connectivity index (χ1) is 14.9. The smallest absolute Gasteiger partial charge is 0.296 e. The lowest BCUT2D eigenvalue weighted by Crippen LogP contribution is -2.28. The van der Waals surface area contributed by atoms with E-state index < -0.39 is 16.9 Å². The fourth-order valence-electron chi connectivity index (χ4n) is 3.02. The molecule has 7 nitrogen and oxygen atoms in total. The maximum absolute atomic E-state index is 14.1. The summed E-state index contributed by atoms with van der Waals surface area (Å²) in [6.45, 7) is 0. The summed E-state index contributed by atoms with van der Waals surface area (Å²) < 4.78 is 25.8. The number of hydrogen-bond donors (Lipinski definition) is 0. The first-order valence-electron chi connectivity index (χ1n) is 9.00. The molecule has 2 aromatic carbocycles. The highest BCUT2D eigenvalue weighted by atomic mass is 35.5. The Bertz CT molecular complexity index is 1450. The molecule has 0 aliphatic heterocycles. The molecule has 0 aliphatic rings. The lowest BCUT2D eigenvalue weighted by Gasteiger charge is -2.09. The maximum atomic E-state index is 14.1. The topological polar surface area (TPSA) is 82.8 Å². The number of aromatic nitrogens is 3. The van der Waals surface area contributed by atoms with Crippen LogP contribution in [-0.4, -0.2) is 28.8 Å². The molecule has 0 aliphatic carbocycles. The molecule has 0 spiro atoms. The van der Waals surface area contributed by atoms with Crippen molar-refractivity contribution in [2.24, 2.45) is 0 Å². The van der Waals surface area contributed by atoms with E-state index in [2.05, 4.69) is 10.1 Å². The van der Waals surface area contributed by atoms with Crippen molar-refractivity contribution in [1.82, 2.24) is 14.6 Å². The van der Waals surface area contributed by atoms with Crippen LogP contribution in [0.15, 0.2) is 46.0 Å². The zero-order valence-corrected chi connectivity index (χ0v) is 18.0. The minimum absolute atomic E-state index is 0.0846. The number of benzene rings is 2. The lowest BCUT2D eigenvalue weighted by atomic mass is 10.1. The van der Waals surface area contributed by atoms with E-state index in [0.717, 1.165) is 21.4 Å². The van der Waals surface area contributed by atoms with Gasteiger partial charge in [-0.3, -0.25) is 9.59 Å². The van der Waals surface area contributed by atoms with Gasteiger partial charge in [-0.1, -0.05) is 35.1 Å². The number of hydrogen-bond acceptors (Lipinski definition) is 7. The highest BCUT2D eigenvalue weighted by molar-refractivity contribution is 7.15. The third-order valence-electron chi connectivity index (χ3n) is 4.55.